The molecule has 12 rings (SSSR count). The first-order valence-electron chi connectivity index (χ1n) is 25.3. The Kier molecular flexibility index (Phi) is 18.4. The number of thiazole rings is 1. The maximum Gasteiger partial charge on any atom is 0.311 e. The molecule has 0 aliphatic carbocycles. The molecule has 470 valence electrons. The van der Waals surface area contributed by atoms with Crippen molar-refractivity contribution in [3.63, 3.8) is 0 Å². The summed E-state index contributed by atoms with van der Waals surface area (Å²) < 4.78 is 26.3. The highest BCUT2D eigenvalue weighted by molar-refractivity contribution is 7.16. The smallest absolute Gasteiger partial charge is 0.311 e. The molecule has 24 N–H and O–H groups in total. The normalized spacial score (nSPS) is 28.8. The third-order valence-electron chi connectivity index (χ3n) is 13.8. The number of H-pyrrole nitrogens is 4. The van der Waals surface area contributed by atoms with E-state index in [0.29, 0.717) is 11.3 Å². The highest BCUT2D eigenvalue weighted by Gasteiger charge is 2.48. The van der Waals surface area contributed by atoms with Gasteiger partial charge in [-0.05, 0) is 0 Å². The zero-order valence-corrected chi connectivity index (χ0v) is 45.1. The number of ether oxygens (including phenoxy) is 4. The van der Waals surface area contributed by atoms with E-state index in [1.54, 1.807) is 0 Å². The van der Waals surface area contributed by atoms with Crippen molar-refractivity contribution in [1.29, 1.82) is 0 Å². The number of fused-ring (bicyclic) bond motifs is 4. The molecule has 43 heteroatoms. The van der Waals surface area contributed by atoms with Crippen LogP contribution in [0, 0.1) is 0 Å². The van der Waals surface area contributed by atoms with Crippen LogP contribution < -0.4 is 49.6 Å². The van der Waals surface area contributed by atoms with Crippen molar-refractivity contribution in [3.8, 4) is 0 Å². The summed E-state index contributed by atoms with van der Waals surface area (Å²) in [4.78, 5) is 103. The number of aromatic nitrogens is 14. The summed E-state index contributed by atoms with van der Waals surface area (Å²) in [5.74, 6) is -1.12. The van der Waals surface area contributed by atoms with Crippen molar-refractivity contribution < 1.29 is 90.2 Å². The van der Waals surface area contributed by atoms with Crippen LogP contribution in [-0.2, 0) is 23.7 Å². The lowest BCUT2D eigenvalue weighted by atomic mass is 10.1. The molecule has 8 aromatic heterocycles. The molecule has 0 bridgehead atoms. The maximum absolute atomic E-state index is 12.0. The van der Waals surface area contributed by atoms with Crippen LogP contribution in [0.25, 0.3) is 43.7 Å². The number of amidine groups is 1. The fraction of sp³-hybridized carbons (Fsp3) is 0.477. The zero-order chi connectivity index (χ0) is 63.2. The number of hydrogen-bond donors (Lipinski definition) is 21. The fourth-order valence-electron chi connectivity index (χ4n) is 9.60. The van der Waals surface area contributed by atoms with Gasteiger partial charge in [-0.2, -0.15) is 15.0 Å². The SMILES string of the molecule is CC(=O)Nc1nc2c(ncn2C2OC(CO)C(O)C2O)c(=O)[nH]1.N/C(=N/O)c1cn(C2OC(CO)C(O)C2O)c2nc[nH]c(=O)c12.Nc1nc2c(ncn2C2OC(CO)C(O)C2O)c(=O)[nH]1.Nc1nc2c(sc(=O)n2C2OC(CO)C(O)C2O)c(=O)[nH]1. The Morgan fingerprint density at radius 2 is 1.03 bits per heavy atom. The molecule has 4 aliphatic rings. The molecule has 12 heterocycles. The summed E-state index contributed by atoms with van der Waals surface area (Å²) >= 11 is 0.623. The second-order valence-corrected chi connectivity index (χ2v) is 20.3. The van der Waals surface area contributed by atoms with E-state index in [2.05, 4.69) is 60.3 Å². The molecule has 8 aromatic rings. The minimum absolute atomic E-state index is 0.0168. The van der Waals surface area contributed by atoms with Gasteiger partial charge in [-0.1, -0.05) is 16.5 Å². The van der Waals surface area contributed by atoms with Crippen LogP contribution in [0.4, 0.5) is 17.8 Å². The molecule has 87 heavy (non-hydrogen) atoms. The molecule has 4 fully saturated rings. The van der Waals surface area contributed by atoms with Gasteiger partial charge in [0.2, 0.25) is 23.8 Å². The molecule has 4 saturated heterocycles. The van der Waals surface area contributed by atoms with Crippen molar-refractivity contribution in [2.24, 2.45) is 10.9 Å². The van der Waals surface area contributed by atoms with Gasteiger partial charge in [0, 0.05) is 13.1 Å². The largest absolute Gasteiger partial charge is 0.409 e. The number of aliphatic hydroxyl groups excluding tert-OH is 12. The standard InChI is InChI=1S/2C12H15N5O6.C10H13N5O5.C10H12N4O6S/c1-4(19)14-12-15-9-6(10(22)16-12)13-3-17(9)11-8(21)7(20)5(2-18)23-11;13-9(16-22)4-1-17(10-6(4)11(21)15-3-14-10)12-8(20)7(19)5(2-18)23-12;11-10-13-7-4(8(19)14-10)12-2-15(7)9-6(18)5(17)3(1-16)20-9;11-9-12-6-5(7(18)13-9)21-10(19)14(6)8-4(17)3(16)2(1-15)20-8/h3,5,7-8,11,18,20-21H,2H2,1H3,(H2,14,15,16,19,22);1,3,5,7-8,12,18-20,22H,2H2,(H2,13,16)(H,14,15,21);2-3,5-6,9,16-18H,1H2,(H3,11,13,14,19);2-4,8,15-17H,1H2,(H3,11,12,13,18). The van der Waals surface area contributed by atoms with E-state index in [0.717, 1.165) is 10.9 Å². The van der Waals surface area contributed by atoms with Crippen LogP contribution in [0.1, 0.15) is 37.4 Å². The van der Waals surface area contributed by atoms with Crippen LogP contribution in [0.15, 0.2) is 54.3 Å². The topological polar surface area (TPSA) is 665 Å². The molecular weight excluding hydrogens is 1190 g/mol. The summed E-state index contributed by atoms with van der Waals surface area (Å²) in [5, 5.41) is 130. The van der Waals surface area contributed by atoms with Crippen molar-refractivity contribution in [3.05, 3.63) is 81.8 Å². The molecule has 0 aromatic carbocycles. The quantitative estimate of drug-likeness (QED) is 0.0262. The third-order valence-corrected chi connectivity index (χ3v) is 14.8. The van der Waals surface area contributed by atoms with E-state index in [-0.39, 0.29) is 73.0 Å². The molecule has 16 atom stereocenters. The van der Waals surface area contributed by atoms with Gasteiger partial charge in [0.15, 0.2) is 58.7 Å². The van der Waals surface area contributed by atoms with Crippen molar-refractivity contribution >= 4 is 84.6 Å². The Balaban J connectivity index is 0.000000139. The Labute approximate surface area is 482 Å². The molecule has 0 saturated carbocycles. The number of imidazole rings is 2. The lowest BCUT2D eigenvalue weighted by Gasteiger charge is -2.17. The molecule has 1 amide bonds. The van der Waals surface area contributed by atoms with Gasteiger partial charge in [-0.15, -0.1) is 0 Å². The average Bonchev–Trinajstić information content (AvgIpc) is 1.84. The number of nitrogens with one attached hydrogen (secondary N) is 5. The van der Waals surface area contributed by atoms with E-state index in [1.165, 1.54) is 39.5 Å². The number of nitrogens with zero attached hydrogens (tertiary/aromatic N) is 11. The Bertz CT molecular complexity index is 4160. The molecular formula is C44H55N19O23S. The number of rotatable bonds is 10. The molecule has 0 radical (unpaired) electrons. The highest BCUT2D eigenvalue weighted by atomic mass is 32.1. The Hall–Kier alpha value is -8.61. The summed E-state index contributed by atoms with van der Waals surface area (Å²) in [6.07, 6.45) is -14.0. The van der Waals surface area contributed by atoms with Crippen LogP contribution >= 0.6 is 11.3 Å². The van der Waals surface area contributed by atoms with E-state index in [1.807, 2.05) is 0 Å². The predicted molar refractivity (Wildman–Crippen MR) is 289 cm³/mol. The van der Waals surface area contributed by atoms with Gasteiger partial charge in [-0.3, -0.25) is 62.7 Å². The highest BCUT2D eigenvalue weighted by Crippen LogP contribution is 2.35. The van der Waals surface area contributed by atoms with E-state index < -0.39 is 158 Å². The molecule has 4 aliphatic heterocycles. The predicted octanol–water partition coefficient (Wildman–Crippen LogP) is -10.2. The minimum Gasteiger partial charge on any atom is -0.409 e. The van der Waals surface area contributed by atoms with Gasteiger partial charge >= 0.3 is 4.87 Å². The molecule has 0 spiro atoms. The number of aliphatic hydroxyl groups is 12. The second-order valence-electron chi connectivity index (χ2n) is 19.3. The van der Waals surface area contributed by atoms with Crippen molar-refractivity contribution in [2.45, 2.75) is 105 Å². The fourth-order valence-corrected chi connectivity index (χ4v) is 10.4. The van der Waals surface area contributed by atoms with E-state index >= 15 is 0 Å². The number of oxime groups is 1. The van der Waals surface area contributed by atoms with Gasteiger partial charge < -0.3 is 112 Å². The number of aromatic amines is 4. The molecule has 42 nitrogen and oxygen atoms in total. The minimum atomic E-state index is -1.44. The number of hydrogen-bond acceptors (Lipinski definition) is 33. The Morgan fingerprint density at radius 1 is 0.598 bits per heavy atom. The van der Waals surface area contributed by atoms with E-state index in [4.69, 9.17) is 61.8 Å². The van der Waals surface area contributed by atoms with Crippen LogP contribution in [0.5, 0.6) is 0 Å². The monoisotopic (exact) mass is 1250 g/mol. The van der Waals surface area contributed by atoms with Gasteiger partial charge in [0.1, 0.15) is 83.6 Å². The van der Waals surface area contributed by atoms with Gasteiger partial charge in [-0.25, -0.2) is 15.0 Å². The van der Waals surface area contributed by atoms with E-state index in [9.17, 15) is 69.6 Å². The average molecular weight is 1250 g/mol. The number of carbonyl (C=O) groups excluding carboxylic acids is 1. The van der Waals surface area contributed by atoms with Crippen molar-refractivity contribution in [2.75, 3.05) is 43.2 Å². The summed E-state index contributed by atoms with van der Waals surface area (Å²) in [6, 6.07) is 0. The van der Waals surface area contributed by atoms with Gasteiger partial charge in [0.25, 0.3) is 22.2 Å². The lowest BCUT2D eigenvalue weighted by Crippen LogP contribution is -2.34. The van der Waals surface area contributed by atoms with Crippen molar-refractivity contribution in [1.82, 2.24) is 68.1 Å². The maximum atomic E-state index is 12.0. The zero-order valence-electron chi connectivity index (χ0n) is 44.3. The number of nitrogens with two attached hydrogens (primary N) is 3. The number of amides is 1. The summed E-state index contributed by atoms with van der Waals surface area (Å²) in [7, 11) is 0. The third kappa shape index (κ3) is 11.8. The van der Waals surface area contributed by atoms with Crippen LogP contribution in [0.3, 0.4) is 0 Å². The first-order valence-corrected chi connectivity index (χ1v) is 26.1. The number of anilines is 3. The Morgan fingerprint density at radius 3 is 1.51 bits per heavy atom. The van der Waals surface area contributed by atoms with Crippen LogP contribution in [0.2, 0.25) is 0 Å². The summed E-state index contributed by atoms with van der Waals surface area (Å²) in [6.45, 7) is -0.686. The van der Waals surface area contributed by atoms with Crippen LogP contribution in [-0.4, -0.2) is 246 Å². The first kappa shape index (κ1) is 62.9. The molecule has 16 unspecified atom stereocenters. The lowest BCUT2D eigenvalue weighted by molar-refractivity contribution is -0.114. The first-order chi connectivity index (χ1) is 41.4. The number of carbonyl (C=O) groups is 1. The second kappa shape index (κ2) is 25.4. The summed E-state index contributed by atoms with van der Waals surface area (Å²) in [5.41, 5.74) is 14.7. The number of nitrogen functional groups attached to an aromatic ring is 2. The van der Waals surface area contributed by atoms with Gasteiger partial charge in [0.05, 0.1) is 56.4 Å².